The number of nitrogens with zero attached hydrogens (tertiary/aromatic N) is 1. The fourth-order valence-electron chi connectivity index (χ4n) is 5.31. The molecular weight excluding hydrogens is 496 g/mol. The van der Waals surface area contributed by atoms with Gasteiger partial charge in [-0.1, -0.05) is 37.6 Å². The van der Waals surface area contributed by atoms with Gasteiger partial charge in [0.25, 0.3) is 0 Å². The summed E-state index contributed by atoms with van der Waals surface area (Å²) >= 11 is 6.12. The van der Waals surface area contributed by atoms with Crippen LogP contribution >= 0.6 is 11.6 Å². The summed E-state index contributed by atoms with van der Waals surface area (Å²) in [6.45, 7) is 11.6. The maximum absolute atomic E-state index is 14.8. The molecule has 1 fully saturated rings. The number of allylic oxidation sites excluding steroid dienone is 7. The second-order valence-electron chi connectivity index (χ2n) is 11.8. The number of likely N-dealkylation sites (tertiary alicyclic amines) is 1. The third-order valence-electron chi connectivity index (χ3n) is 7.70. The van der Waals surface area contributed by atoms with Gasteiger partial charge in [0.1, 0.15) is 12.0 Å². The van der Waals surface area contributed by atoms with Gasteiger partial charge in [-0.3, -0.25) is 14.5 Å². The second kappa shape index (κ2) is 12.7. The van der Waals surface area contributed by atoms with E-state index in [1.165, 1.54) is 6.08 Å². The minimum atomic E-state index is -1.44. The number of alkyl halides is 1. The molecule has 206 valence electrons. The quantitative estimate of drug-likeness (QED) is 0.377. The van der Waals surface area contributed by atoms with Gasteiger partial charge in [0.2, 0.25) is 11.8 Å². The predicted molar refractivity (Wildman–Crippen MR) is 145 cm³/mol. The number of rotatable bonds is 9. The van der Waals surface area contributed by atoms with Gasteiger partial charge in [-0.25, -0.2) is 8.78 Å². The number of nitrogens with one attached hydrogen (secondary N) is 2. The molecule has 2 amide bonds. The van der Waals surface area contributed by atoms with Crippen molar-refractivity contribution in [1.29, 1.82) is 0 Å². The van der Waals surface area contributed by atoms with Crippen LogP contribution in [0.1, 0.15) is 60.3 Å². The van der Waals surface area contributed by atoms with Crippen LogP contribution in [0.25, 0.3) is 0 Å². The third-order valence-corrected chi connectivity index (χ3v) is 8.01. The van der Waals surface area contributed by atoms with Crippen molar-refractivity contribution in [3.05, 3.63) is 46.8 Å². The summed E-state index contributed by atoms with van der Waals surface area (Å²) in [5, 5.41) is 7.01. The van der Waals surface area contributed by atoms with Crippen LogP contribution in [-0.2, 0) is 9.59 Å². The fourth-order valence-corrected chi connectivity index (χ4v) is 5.46. The Balaban J connectivity index is 1.62. The summed E-state index contributed by atoms with van der Waals surface area (Å²) in [5.41, 5.74) is 0.977. The predicted octanol–water partition coefficient (Wildman–Crippen LogP) is 5.59. The van der Waals surface area contributed by atoms with E-state index in [0.717, 1.165) is 29.5 Å². The Morgan fingerprint density at radius 3 is 2.51 bits per heavy atom. The van der Waals surface area contributed by atoms with Gasteiger partial charge in [0.05, 0.1) is 12.0 Å². The van der Waals surface area contributed by atoms with Crippen molar-refractivity contribution >= 4 is 23.4 Å². The molecule has 1 heterocycles. The van der Waals surface area contributed by atoms with E-state index in [9.17, 15) is 18.4 Å². The highest BCUT2D eigenvalue weighted by molar-refractivity contribution is 6.29. The molecule has 2 N–H and O–H groups in total. The minimum Gasteiger partial charge on any atom is -0.356 e. The zero-order valence-electron chi connectivity index (χ0n) is 22.7. The van der Waals surface area contributed by atoms with Gasteiger partial charge in [-0.05, 0) is 76.2 Å². The Labute approximate surface area is 225 Å². The van der Waals surface area contributed by atoms with Crippen molar-refractivity contribution < 1.29 is 18.4 Å². The normalized spacial score (nSPS) is 27.4. The van der Waals surface area contributed by atoms with E-state index in [4.69, 9.17) is 11.6 Å². The average Bonchev–Trinajstić information content (AvgIpc) is 3.27. The van der Waals surface area contributed by atoms with Crippen molar-refractivity contribution in [3.8, 4) is 0 Å². The Hall–Kier alpha value is -1.99. The maximum Gasteiger partial charge on any atom is 0.224 e. The van der Waals surface area contributed by atoms with Crippen LogP contribution in [0.2, 0.25) is 0 Å². The van der Waals surface area contributed by atoms with Crippen LogP contribution < -0.4 is 10.6 Å². The molecule has 0 spiro atoms. The first-order valence-corrected chi connectivity index (χ1v) is 13.8. The summed E-state index contributed by atoms with van der Waals surface area (Å²) in [4.78, 5) is 27.9. The summed E-state index contributed by atoms with van der Waals surface area (Å²) < 4.78 is 28.4. The SMILES string of the molecule is CC(C)C(=O)N[C@@H](CCCNC(=O)[C@@H]1CN(C(C)(C)C)C[C@H]1C1C=CC(F)=CC1F)C1=CC=C(Cl)CC1. The van der Waals surface area contributed by atoms with Crippen molar-refractivity contribution in [1.82, 2.24) is 15.5 Å². The first kappa shape index (κ1) is 29.6. The fraction of sp³-hybridized carbons (Fsp3) is 0.655. The van der Waals surface area contributed by atoms with Crippen molar-refractivity contribution in [2.45, 2.75) is 78.1 Å². The third kappa shape index (κ3) is 8.00. The van der Waals surface area contributed by atoms with E-state index in [2.05, 4.69) is 36.3 Å². The molecule has 0 aromatic carbocycles. The van der Waals surface area contributed by atoms with E-state index in [-0.39, 0.29) is 41.1 Å². The van der Waals surface area contributed by atoms with E-state index >= 15 is 0 Å². The topological polar surface area (TPSA) is 61.4 Å². The second-order valence-corrected chi connectivity index (χ2v) is 12.3. The first-order valence-electron chi connectivity index (χ1n) is 13.4. The Kier molecular flexibility index (Phi) is 10.2. The molecule has 3 rings (SSSR count). The minimum absolute atomic E-state index is 0.00143. The average molecular weight is 538 g/mol. The van der Waals surface area contributed by atoms with Crippen molar-refractivity contribution in [3.63, 3.8) is 0 Å². The van der Waals surface area contributed by atoms with Gasteiger partial charge < -0.3 is 10.6 Å². The van der Waals surface area contributed by atoms with Crippen LogP contribution in [0.15, 0.2) is 46.8 Å². The molecule has 1 saturated heterocycles. The Bertz CT molecular complexity index is 967. The van der Waals surface area contributed by atoms with Gasteiger partial charge in [0.15, 0.2) is 0 Å². The largest absolute Gasteiger partial charge is 0.356 e. The highest BCUT2D eigenvalue weighted by Gasteiger charge is 2.46. The lowest BCUT2D eigenvalue weighted by Gasteiger charge is -2.32. The molecule has 0 aromatic heterocycles. The van der Waals surface area contributed by atoms with Gasteiger partial charge in [-0.2, -0.15) is 0 Å². The van der Waals surface area contributed by atoms with E-state index < -0.39 is 17.9 Å². The molecule has 5 nitrogen and oxygen atoms in total. The Morgan fingerprint density at radius 1 is 1.19 bits per heavy atom. The molecule has 0 bridgehead atoms. The standard InChI is InChI=1S/C29H42ClF2N3O2/c1-18(2)27(36)34-26(19-8-10-20(30)11-9-19)7-6-14-33-28(37)24-17-35(29(3,4)5)16-23(24)22-13-12-21(31)15-25(22)32/h8,10,12-13,15,18,22-26H,6-7,9,11,14,16-17H2,1-5H3,(H,33,37)(H,34,36)/t22?,23-,24+,25?,26-/m0/s1. The Morgan fingerprint density at radius 2 is 1.92 bits per heavy atom. The molecule has 2 unspecified atom stereocenters. The number of carbonyl (C=O) groups excluding carboxylic acids is 2. The number of carbonyl (C=O) groups is 2. The first-order chi connectivity index (χ1) is 17.4. The molecule has 1 aliphatic heterocycles. The lowest BCUT2D eigenvalue weighted by atomic mass is 9.79. The lowest BCUT2D eigenvalue weighted by Crippen LogP contribution is -2.42. The maximum atomic E-state index is 14.8. The summed E-state index contributed by atoms with van der Waals surface area (Å²) in [5.74, 6) is -1.94. The van der Waals surface area contributed by atoms with Crippen LogP contribution in [0.5, 0.6) is 0 Å². The highest BCUT2D eigenvalue weighted by atomic mass is 35.5. The van der Waals surface area contributed by atoms with Crippen molar-refractivity contribution in [2.24, 2.45) is 23.7 Å². The van der Waals surface area contributed by atoms with E-state index in [0.29, 0.717) is 32.5 Å². The molecular formula is C29H42ClF2N3O2. The summed E-state index contributed by atoms with van der Waals surface area (Å²) in [6, 6.07) is -0.107. The molecule has 0 aromatic rings. The molecule has 37 heavy (non-hydrogen) atoms. The smallest absolute Gasteiger partial charge is 0.224 e. The lowest BCUT2D eigenvalue weighted by molar-refractivity contribution is -0.126. The molecule has 0 saturated carbocycles. The van der Waals surface area contributed by atoms with E-state index in [1.54, 1.807) is 6.08 Å². The summed E-state index contributed by atoms with van der Waals surface area (Å²) in [6.07, 6.45) is 9.27. The number of hydrogen-bond acceptors (Lipinski definition) is 3. The van der Waals surface area contributed by atoms with Gasteiger partial charge in [-0.15, -0.1) is 0 Å². The van der Waals surface area contributed by atoms with Gasteiger partial charge in [0, 0.05) is 42.0 Å². The zero-order valence-corrected chi connectivity index (χ0v) is 23.5. The molecule has 0 radical (unpaired) electrons. The zero-order chi connectivity index (χ0) is 27.3. The number of halogens is 3. The number of hydrogen-bond donors (Lipinski definition) is 2. The van der Waals surface area contributed by atoms with Crippen LogP contribution in [-0.4, -0.2) is 54.1 Å². The molecule has 5 atom stereocenters. The van der Waals surface area contributed by atoms with E-state index in [1.807, 2.05) is 26.0 Å². The van der Waals surface area contributed by atoms with Gasteiger partial charge >= 0.3 is 0 Å². The molecule has 3 aliphatic rings. The summed E-state index contributed by atoms with van der Waals surface area (Å²) in [7, 11) is 0. The van der Waals surface area contributed by atoms with Crippen LogP contribution in [0.3, 0.4) is 0 Å². The van der Waals surface area contributed by atoms with Crippen molar-refractivity contribution in [2.75, 3.05) is 19.6 Å². The van der Waals surface area contributed by atoms with Crippen LogP contribution in [0.4, 0.5) is 8.78 Å². The molecule has 8 heteroatoms. The van der Waals surface area contributed by atoms with Crippen LogP contribution in [0, 0.1) is 23.7 Å². The highest BCUT2D eigenvalue weighted by Crippen LogP contribution is 2.39. The monoisotopic (exact) mass is 537 g/mol. The molecule has 2 aliphatic carbocycles. The number of amides is 2.